The second-order valence-corrected chi connectivity index (χ2v) is 6.80. The number of hydrogen-bond donors (Lipinski definition) is 1. The lowest BCUT2D eigenvalue weighted by Gasteiger charge is -2.06. The summed E-state index contributed by atoms with van der Waals surface area (Å²) in [6.07, 6.45) is 0. The van der Waals surface area contributed by atoms with Crippen molar-refractivity contribution in [2.75, 3.05) is 5.32 Å². The van der Waals surface area contributed by atoms with Crippen LogP contribution in [0.25, 0.3) is 0 Å². The van der Waals surface area contributed by atoms with Crippen LogP contribution in [0, 0.1) is 6.92 Å². The van der Waals surface area contributed by atoms with Gasteiger partial charge in [-0.1, -0.05) is 39.1 Å². The van der Waals surface area contributed by atoms with E-state index in [-0.39, 0.29) is 5.91 Å². The van der Waals surface area contributed by atoms with Gasteiger partial charge in [-0.25, -0.2) is 0 Å². The van der Waals surface area contributed by atoms with Gasteiger partial charge in [0, 0.05) is 10.2 Å². The molecule has 94 valence electrons. The van der Waals surface area contributed by atoms with Crippen molar-refractivity contribution in [2.24, 2.45) is 0 Å². The predicted molar refractivity (Wildman–Crippen MR) is 81.2 cm³/mol. The first-order valence-electron chi connectivity index (χ1n) is 4.99. The zero-order chi connectivity index (χ0) is 13.3. The molecule has 0 atom stereocenters. The summed E-state index contributed by atoms with van der Waals surface area (Å²) in [6, 6.07) is 7.14. The van der Waals surface area contributed by atoms with Crippen LogP contribution in [-0.4, -0.2) is 5.91 Å². The number of halogens is 3. The number of anilines is 1. The summed E-state index contributed by atoms with van der Waals surface area (Å²) < 4.78 is 1.89. The van der Waals surface area contributed by atoms with Gasteiger partial charge in [-0.2, -0.15) is 0 Å². The van der Waals surface area contributed by atoms with Gasteiger partial charge in [0.05, 0.1) is 9.90 Å². The van der Waals surface area contributed by atoms with Crippen LogP contribution in [0.1, 0.15) is 15.9 Å². The Bertz CT molecular complexity index is 612. The third-order valence-corrected chi connectivity index (χ3v) is 4.69. The Morgan fingerprint density at radius 2 is 2.06 bits per heavy atom. The molecule has 2 rings (SSSR count). The quantitative estimate of drug-likeness (QED) is 0.761. The zero-order valence-electron chi connectivity index (χ0n) is 9.26. The fourth-order valence-electron chi connectivity index (χ4n) is 1.42. The first-order valence-corrected chi connectivity index (χ1v) is 7.36. The van der Waals surface area contributed by atoms with Crippen molar-refractivity contribution in [1.82, 2.24) is 0 Å². The summed E-state index contributed by atoms with van der Waals surface area (Å²) in [7, 11) is 0. The second-order valence-electron chi connectivity index (χ2n) is 3.66. The number of thiophene rings is 1. The number of carbonyl (C=O) groups is 1. The van der Waals surface area contributed by atoms with Crippen LogP contribution in [0.2, 0.25) is 8.67 Å². The van der Waals surface area contributed by atoms with Gasteiger partial charge in [0.15, 0.2) is 0 Å². The maximum atomic E-state index is 12.0. The van der Waals surface area contributed by atoms with Crippen LogP contribution < -0.4 is 5.32 Å². The molecule has 18 heavy (non-hydrogen) atoms. The number of benzene rings is 1. The highest BCUT2D eigenvalue weighted by Gasteiger charge is 2.14. The number of hydrogen-bond acceptors (Lipinski definition) is 2. The third kappa shape index (κ3) is 3.06. The summed E-state index contributed by atoms with van der Waals surface area (Å²) in [5.41, 5.74) is 2.16. The van der Waals surface area contributed by atoms with E-state index in [0.717, 1.165) is 15.7 Å². The van der Waals surface area contributed by atoms with Crippen LogP contribution in [0.4, 0.5) is 5.69 Å². The normalized spacial score (nSPS) is 10.4. The third-order valence-electron chi connectivity index (χ3n) is 2.32. The van der Waals surface area contributed by atoms with Crippen LogP contribution >= 0.6 is 50.5 Å². The zero-order valence-corrected chi connectivity index (χ0v) is 13.2. The van der Waals surface area contributed by atoms with Crippen molar-refractivity contribution >= 4 is 62.1 Å². The van der Waals surface area contributed by atoms with Crippen LogP contribution in [0.5, 0.6) is 0 Å². The summed E-state index contributed by atoms with van der Waals surface area (Å²) in [4.78, 5) is 12.0. The van der Waals surface area contributed by atoms with Crippen molar-refractivity contribution in [3.8, 4) is 0 Å². The number of nitrogens with one attached hydrogen (secondary N) is 1. The Balaban J connectivity index is 2.21. The number of carbonyl (C=O) groups excluding carboxylic acids is 1. The molecule has 1 aromatic heterocycles. The van der Waals surface area contributed by atoms with Gasteiger partial charge in [-0.3, -0.25) is 4.79 Å². The summed E-state index contributed by atoms with van der Waals surface area (Å²) in [5.74, 6) is -0.259. The minimum absolute atomic E-state index is 0.259. The van der Waals surface area contributed by atoms with Crippen LogP contribution in [0.15, 0.2) is 28.7 Å². The van der Waals surface area contributed by atoms with Crippen molar-refractivity contribution < 1.29 is 4.79 Å². The van der Waals surface area contributed by atoms with Gasteiger partial charge < -0.3 is 5.32 Å². The van der Waals surface area contributed by atoms with Crippen molar-refractivity contribution in [3.63, 3.8) is 0 Å². The van der Waals surface area contributed by atoms with E-state index in [9.17, 15) is 4.79 Å². The molecule has 0 aliphatic heterocycles. The Labute approximate surface area is 127 Å². The molecule has 0 unspecified atom stereocenters. The molecule has 0 saturated carbocycles. The van der Waals surface area contributed by atoms with E-state index in [0.29, 0.717) is 14.2 Å². The molecule has 1 aromatic carbocycles. The molecule has 0 aliphatic rings. The first-order chi connectivity index (χ1) is 8.47. The van der Waals surface area contributed by atoms with Gasteiger partial charge in [0.25, 0.3) is 5.91 Å². The lowest BCUT2D eigenvalue weighted by atomic mass is 10.2. The molecule has 0 spiro atoms. The fraction of sp³-hybridized carbons (Fsp3) is 0.0833. The Morgan fingerprint density at radius 3 is 2.61 bits per heavy atom. The average molecular weight is 365 g/mol. The molecule has 0 saturated heterocycles. The van der Waals surface area contributed by atoms with E-state index in [2.05, 4.69) is 21.2 Å². The molecule has 1 N–H and O–H groups in total. The van der Waals surface area contributed by atoms with E-state index in [1.807, 2.05) is 25.1 Å². The predicted octanol–water partition coefficient (Wildman–Crippen LogP) is 5.38. The molecular weight excluding hydrogens is 357 g/mol. The molecule has 2 aromatic rings. The average Bonchev–Trinajstić information content (AvgIpc) is 2.63. The minimum Gasteiger partial charge on any atom is -0.322 e. The van der Waals surface area contributed by atoms with Crippen molar-refractivity contribution in [1.29, 1.82) is 0 Å². The number of aryl methyl sites for hydroxylation is 1. The maximum absolute atomic E-state index is 12.0. The van der Waals surface area contributed by atoms with Gasteiger partial charge >= 0.3 is 0 Å². The standard InChI is InChI=1S/C12H8BrCl2NOS/c1-6-4-7(2-3-9(6)13)16-12(17)8-5-10(14)18-11(8)15/h2-5H,1H3,(H,16,17). The van der Waals surface area contributed by atoms with Crippen molar-refractivity contribution in [2.45, 2.75) is 6.92 Å². The highest BCUT2D eigenvalue weighted by molar-refractivity contribution is 9.10. The fourth-order valence-corrected chi connectivity index (χ4v) is 3.12. The van der Waals surface area contributed by atoms with Gasteiger partial charge in [-0.15, -0.1) is 11.3 Å². The topological polar surface area (TPSA) is 29.1 Å². The SMILES string of the molecule is Cc1cc(NC(=O)c2cc(Cl)sc2Cl)ccc1Br. The molecule has 0 radical (unpaired) electrons. The largest absolute Gasteiger partial charge is 0.322 e. The van der Waals surface area contributed by atoms with Gasteiger partial charge in [0.2, 0.25) is 0 Å². The summed E-state index contributed by atoms with van der Waals surface area (Å²) in [5, 5.41) is 2.78. The Hall–Kier alpha value is -0.550. The van der Waals surface area contributed by atoms with E-state index in [1.54, 1.807) is 6.07 Å². The Kier molecular flexibility index (Phi) is 4.33. The first kappa shape index (κ1) is 13.9. The molecule has 6 heteroatoms. The Morgan fingerprint density at radius 1 is 1.33 bits per heavy atom. The molecule has 1 heterocycles. The van der Waals surface area contributed by atoms with Gasteiger partial charge in [0.1, 0.15) is 4.34 Å². The summed E-state index contributed by atoms with van der Waals surface area (Å²) in [6.45, 7) is 1.95. The minimum atomic E-state index is -0.259. The molecule has 0 aliphatic carbocycles. The molecular formula is C12H8BrCl2NOS. The van der Waals surface area contributed by atoms with Gasteiger partial charge in [-0.05, 0) is 36.8 Å². The molecule has 1 amide bonds. The van der Waals surface area contributed by atoms with Crippen LogP contribution in [-0.2, 0) is 0 Å². The lowest BCUT2D eigenvalue weighted by Crippen LogP contribution is -2.11. The number of amides is 1. The van der Waals surface area contributed by atoms with E-state index < -0.39 is 0 Å². The highest BCUT2D eigenvalue weighted by Crippen LogP contribution is 2.31. The molecule has 0 fully saturated rings. The maximum Gasteiger partial charge on any atom is 0.258 e. The second kappa shape index (κ2) is 5.61. The lowest BCUT2D eigenvalue weighted by molar-refractivity contribution is 0.102. The smallest absolute Gasteiger partial charge is 0.258 e. The van der Waals surface area contributed by atoms with E-state index >= 15 is 0 Å². The highest BCUT2D eigenvalue weighted by atomic mass is 79.9. The van der Waals surface area contributed by atoms with Crippen LogP contribution in [0.3, 0.4) is 0 Å². The molecule has 0 bridgehead atoms. The monoisotopic (exact) mass is 363 g/mol. The van der Waals surface area contributed by atoms with Crippen molar-refractivity contribution in [3.05, 3.63) is 48.5 Å². The molecule has 2 nitrogen and oxygen atoms in total. The van der Waals surface area contributed by atoms with E-state index in [1.165, 1.54) is 11.3 Å². The summed E-state index contributed by atoms with van der Waals surface area (Å²) >= 11 is 16.3. The van der Waals surface area contributed by atoms with E-state index in [4.69, 9.17) is 23.2 Å². The number of rotatable bonds is 2.